The van der Waals surface area contributed by atoms with Crippen LogP contribution in [0.15, 0.2) is 51.6 Å². The van der Waals surface area contributed by atoms with Gasteiger partial charge in [0.2, 0.25) is 5.76 Å². The maximum absolute atomic E-state index is 14.3. The number of hydrogen-bond donors (Lipinski definition) is 0. The molecule has 6 nitrogen and oxygen atoms in total. The molecule has 1 fully saturated rings. The number of halogens is 1. The van der Waals surface area contributed by atoms with Crippen LogP contribution in [0.3, 0.4) is 0 Å². The normalized spacial score (nSPS) is 15.3. The van der Waals surface area contributed by atoms with Crippen molar-refractivity contribution in [1.82, 2.24) is 10.1 Å². The van der Waals surface area contributed by atoms with Gasteiger partial charge in [-0.25, -0.2) is 4.39 Å². The Morgan fingerprint density at radius 2 is 1.96 bits per heavy atom. The molecule has 0 atom stereocenters. The molecule has 0 radical (unpaired) electrons. The first-order valence-corrected chi connectivity index (χ1v) is 8.87. The lowest BCUT2D eigenvalue weighted by molar-refractivity contribution is 0.101. The molecule has 1 aliphatic heterocycles. The number of carbonyl (C=O) groups is 1. The summed E-state index contributed by atoms with van der Waals surface area (Å²) in [5.74, 6) is 0.784. The molecule has 0 saturated carbocycles. The first-order chi connectivity index (χ1) is 13.1. The average molecular weight is 369 g/mol. The molecule has 1 aliphatic rings. The monoisotopic (exact) mass is 369 g/mol. The SMILES string of the molecule is CC(=O)c1ccc(N2CCN(Cc3cc(-c4ccco4)on3)CC2)c(F)c1. The standard InChI is InChI=1S/C20H20FN3O3/c1-14(25)15-4-5-18(17(21)11-15)24-8-6-23(7-9-24)13-16-12-20(27-22-16)19-3-2-10-26-19/h2-5,10-12H,6-9,13H2,1H3. The van der Waals surface area contributed by atoms with Crippen molar-refractivity contribution in [3.05, 3.63) is 59.7 Å². The molecule has 1 saturated heterocycles. The molecule has 0 amide bonds. The molecular formula is C20H20FN3O3. The lowest BCUT2D eigenvalue weighted by Gasteiger charge is -2.35. The summed E-state index contributed by atoms with van der Waals surface area (Å²) in [5.41, 5.74) is 1.78. The summed E-state index contributed by atoms with van der Waals surface area (Å²) < 4.78 is 25.0. The van der Waals surface area contributed by atoms with Gasteiger partial charge in [0.15, 0.2) is 11.5 Å². The Hall–Kier alpha value is -2.93. The number of furan rings is 1. The number of anilines is 1. The lowest BCUT2D eigenvalue weighted by atomic mass is 10.1. The lowest BCUT2D eigenvalue weighted by Crippen LogP contribution is -2.46. The van der Waals surface area contributed by atoms with E-state index in [0.717, 1.165) is 18.8 Å². The summed E-state index contributed by atoms with van der Waals surface area (Å²) in [6.45, 7) is 5.10. The summed E-state index contributed by atoms with van der Waals surface area (Å²) in [6.07, 6.45) is 1.60. The Morgan fingerprint density at radius 1 is 1.15 bits per heavy atom. The van der Waals surface area contributed by atoms with Gasteiger partial charge < -0.3 is 13.8 Å². The van der Waals surface area contributed by atoms with Crippen molar-refractivity contribution in [3.8, 4) is 11.5 Å². The van der Waals surface area contributed by atoms with E-state index >= 15 is 0 Å². The number of nitrogens with zero attached hydrogens (tertiary/aromatic N) is 3. The van der Waals surface area contributed by atoms with Gasteiger partial charge in [0, 0.05) is 44.4 Å². The number of ketones is 1. The molecule has 7 heteroatoms. The second-order valence-corrected chi connectivity index (χ2v) is 6.65. The minimum Gasteiger partial charge on any atom is -0.461 e. The Bertz CT molecular complexity index is 928. The van der Waals surface area contributed by atoms with Crippen molar-refractivity contribution in [3.63, 3.8) is 0 Å². The summed E-state index contributed by atoms with van der Waals surface area (Å²) in [4.78, 5) is 15.6. The van der Waals surface area contributed by atoms with Crippen LogP contribution in [0, 0.1) is 5.82 Å². The first-order valence-electron chi connectivity index (χ1n) is 8.87. The van der Waals surface area contributed by atoms with Crippen LogP contribution in [0.25, 0.3) is 11.5 Å². The largest absolute Gasteiger partial charge is 0.461 e. The molecule has 0 unspecified atom stereocenters. The summed E-state index contributed by atoms with van der Waals surface area (Å²) in [7, 11) is 0. The van der Waals surface area contributed by atoms with E-state index in [2.05, 4.69) is 10.1 Å². The van der Waals surface area contributed by atoms with Gasteiger partial charge >= 0.3 is 0 Å². The Morgan fingerprint density at radius 3 is 2.63 bits per heavy atom. The number of piperazine rings is 1. The zero-order valence-corrected chi connectivity index (χ0v) is 15.0. The van der Waals surface area contributed by atoms with Gasteiger partial charge in [0.25, 0.3) is 0 Å². The van der Waals surface area contributed by atoms with Gasteiger partial charge in [-0.05, 0) is 37.3 Å². The van der Waals surface area contributed by atoms with Crippen molar-refractivity contribution in [2.45, 2.75) is 13.5 Å². The van der Waals surface area contributed by atoms with Gasteiger partial charge in [0.05, 0.1) is 17.6 Å². The first kappa shape index (κ1) is 17.5. The zero-order valence-electron chi connectivity index (χ0n) is 15.0. The highest BCUT2D eigenvalue weighted by Gasteiger charge is 2.21. The van der Waals surface area contributed by atoms with Gasteiger partial charge in [-0.3, -0.25) is 9.69 Å². The van der Waals surface area contributed by atoms with E-state index in [1.54, 1.807) is 24.5 Å². The van der Waals surface area contributed by atoms with Crippen molar-refractivity contribution in [1.29, 1.82) is 0 Å². The van der Waals surface area contributed by atoms with Crippen LogP contribution in [-0.4, -0.2) is 42.0 Å². The number of rotatable bonds is 5. The number of benzene rings is 1. The van der Waals surface area contributed by atoms with Gasteiger partial charge in [-0.1, -0.05) is 5.16 Å². The van der Waals surface area contributed by atoms with E-state index in [9.17, 15) is 9.18 Å². The molecule has 27 heavy (non-hydrogen) atoms. The van der Waals surface area contributed by atoms with Gasteiger partial charge in [-0.2, -0.15) is 0 Å². The van der Waals surface area contributed by atoms with Crippen LogP contribution in [-0.2, 0) is 6.54 Å². The third-order valence-corrected chi connectivity index (χ3v) is 4.78. The third kappa shape index (κ3) is 3.78. The highest BCUT2D eigenvalue weighted by molar-refractivity contribution is 5.94. The van der Waals surface area contributed by atoms with Crippen LogP contribution >= 0.6 is 0 Å². The van der Waals surface area contributed by atoms with Crippen LogP contribution in [0.4, 0.5) is 10.1 Å². The quantitative estimate of drug-likeness (QED) is 0.641. The fourth-order valence-electron chi connectivity index (χ4n) is 3.28. The van der Waals surface area contributed by atoms with Gasteiger partial charge in [0.1, 0.15) is 5.82 Å². The molecule has 3 aromatic rings. The molecule has 2 aromatic heterocycles. The summed E-state index contributed by atoms with van der Waals surface area (Å²) >= 11 is 0. The smallest absolute Gasteiger partial charge is 0.202 e. The highest BCUT2D eigenvalue weighted by Crippen LogP contribution is 2.24. The van der Waals surface area contributed by atoms with Crippen LogP contribution < -0.4 is 4.90 Å². The molecule has 1 aromatic carbocycles. The van der Waals surface area contributed by atoms with E-state index in [4.69, 9.17) is 8.94 Å². The minimum atomic E-state index is -0.351. The number of aromatic nitrogens is 1. The highest BCUT2D eigenvalue weighted by atomic mass is 19.1. The third-order valence-electron chi connectivity index (χ3n) is 4.78. The molecule has 0 N–H and O–H groups in total. The molecule has 3 heterocycles. The topological polar surface area (TPSA) is 62.7 Å². The van der Waals surface area contributed by atoms with Gasteiger partial charge in [-0.15, -0.1) is 0 Å². The van der Waals surface area contributed by atoms with Crippen LogP contribution in [0.5, 0.6) is 0 Å². The number of hydrogen-bond acceptors (Lipinski definition) is 6. The van der Waals surface area contributed by atoms with E-state index in [1.165, 1.54) is 13.0 Å². The predicted molar refractivity (Wildman–Crippen MR) is 98.1 cm³/mol. The van der Waals surface area contributed by atoms with E-state index in [-0.39, 0.29) is 11.6 Å². The molecular weight excluding hydrogens is 349 g/mol. The summed E-state index contributed by atoms with van der Waals surface area (Å²) in [6, 6.07) is 10.2. The second-order valence-electron chi connectivity index (χ2n) is 6.65. The predicted octanol–water partition coefficient (Wildman–Crippen LogP) is 3.60. The van der Waals surface area contributed by atoms with Crippen LogP contribution in [0.2, 0.25) is 0 Å². The molecule has 0 aliphatic carbocycles. The Balaban J connectivity index is 1.36. The fraction of sp³-hybridized carbons (Fsp3) is 0.300. The van der Waals surface area contributed by atoms with Crippen molar-refractivity contribution in [2.75, 3.05) is 31.1 Å². The second kappa shape index (κ2) is 7.36. The van der Waals surface area contributed by atoms with Crippen molar-refractivity contribution < 1.29 is 18.1 Å². The zero-order chi connectivity index (χ0) is 18.8. The van der Waals surface area contributed by atoms with E-state index in [1.807, 2.05) is 17.0 Å². The molecule has 140 valence electrons. The van der Waals surface area contributed by atoms with E-state index < -0.39 is 0 Å². The maximum atomic E-state index is 14.3. The van der Waals surface area contributed by atoms with Crippen molar-refractivity contribution >= 4 is 11.5 Å². The minimum absolute atomic E-state index is 0.133. The number of carbonyl (C=O) groups excluding carboxylic acids is 1. The van der Waals surface area contributed by atoms with Crippen molar-refractivity contribution in [2.24, 2.45) is 0 Å². The molecule has 0 spiro atoms. The fourth-order valence-corrected chi connectivity index (χ4v) is 3.28. The average Bonchev–Trinajstić information content (AvgIpc) is 3.34. The molecule has 4 rings (SSSR count). The molecule has 0 bridgehead atoms. The summed E-state index contributed by atoms with van der Waals surface area (Å²) in [5, 5.41) is 4.10. The van der Waals surface area contributed by atoms with Crippen LogP contribution in [0.1, 0.15) is 23.0 Å². The Kier molecular flexibility index (Phi) is 4.77. The number of Topliss-reactive ketones (excluding diaryl/α,β-unsaturated/α-hetero) is 1. The Labute approximate surface area is 156 Å². The maximum Gasteiger partial charge on any atom is 0.202 e. The van der Waals surface area contributed by atoms with E-state index in [0.29, 0.717) is 42.4 Å².